The summed E-state index contributed by atoms with van der Waals surface area (Å²) in [6, 6.07) is 0. The second-order valence-corrected chi connectivity index (χ2v) is 28.1. The fourth-order valence-electron chi connectivity index (χ4n) is 10.7. The number of quaternary nitrogens is 1. The van der Waals surface area contributed by atoms with Crippen molar-refractivity contribution in [2.75, 3.05) is 47.5 Å². The Morgan fingerprint density at radius 1 is 0.337 bits per heavy atom. The molecule has 9 nitrogen and oxygen atoms in total. The standard InChI is InChI=1S/C82H144NO8P/c1-6-8-10-12-14-16-18-20-22-24-26-28-30-32-34-36-38-39-40-41-42-43-45-46-48-50-52-54-56-58-60-62-64-66-68-70-72-74-81(84)88-78-80(79-90-92(86,87)89-77-76-83(3,4)5)91-82(85)75-73-71-69-67-65-63-61-59-57-55-53-51-49-47-44-37-35-33-31-29-27-25-23-21-19-17-15-13-11-9-7-2/h8-11,14-17,20-23,26-29,33,35,44,47,80H,6-7,12-13,18-19,24-25,30-32,34,36-43,45-46,48-79H2,1-5H3/p+1/b10-8-,11-9-,16-14-,17-15-,22-20-,23-21-,28-26-,29-27-,35-33-,47-44-. The number of unbranched alkanes of at least 4 members (excludes halogenated alkanes) is 36. The third-order valence-corrected chi connectivity index (χ3v) is 17.5. The number of allylic oxidation sites excluding steroid dienone is 20. The van der Waals surface area contributed by atoms with Gasteiger partial charge < -0.3 is 18.9 Å². The number of nitrogens with zero attached hydrogens (tertiary/aromatic N) is 1. The van der Waals surface area contributed by atoms with Crippen molar-refractivity contribution in [2.45, 2.75) is 341 Å². The molecule has 0 rings (SSSR count). The van der Waals surface area contributed by atoms with E-state index in [0.29, 0.717) is 17.4 Å². The number of hydrogen-bond donors (Lipinski definition) is 1. The van der Waals surface area contributed by atoms with Crippen LogP contribution in [0.3, 0.4) is 0 Å². The highest BCUT2D eigenvalue weighted by Gasteiger charge is 2.27. The Hall–Kier alpha value is -3.59. The topological polar surface area (TPSA) is 108 Å². The lowest BCUT2D eigenvalue weighted by atomic mass is 10.0. The maximum Gasteiger partial charge on any atom is 0.472 e. The maximum absolute atomic E-state index is 12.9. The first-order chi connectivity index (χ1) is 45.0. The Balaban J connectivity index is 3.97. The number of ether oxygens (including phenoxy) is 2. The highest BCUT2D eigenvalue weighted by molar-refractivity contribution is 7.47. The van der Waals surface area contributed by atoms with Crippen molar-refractivity contribution in [1.29, 1.82) is 0 Å². The summed E-state index contributed by atoms with van der Waals surface area (Å²) in [4.78, 5) is 36.0. The molecular formula is C82H145NO8P+. The van der Waals surface area contributed by atoms with Crippen LogP contribution < -0.4 is 0 Å². The molecular weight excluding hydrogens is 1160 g/mol. The van der Waals surface area contributed by atoms with E-state index in [4.69, 9.17) is 18.5 Å². The van der Waals surface area contributed by atoms with Gasteiger partial charge in [-0.1, -0.05) is 341 Å². The third-order valence-electron chi connectivity index (χ3n) is 16.5. The highest BCUT2D eigenvalue weighted by Crippen LogP contribution is 2.43. The zero-order valence-corrected chi connectivity index (χ0v) is 61.4. The van der Waals surface area contributed by atoms with Crippen LogP contribution in [0, 0.1) is 0 Å². The fourth-order valence-corrected chi connectivity index (χ4v) is 11.5. The molecule has 1 N–H and O–H groups in total. The minimum Gasteiger partial charge on any atom is -0.462 e. The molecule has 2 unspecified atom stereocenters. The summed E-state index contributed by atoms with van der Waals surface area (Å²) < 4.78 is 34.8. The Bertz CT molecular complexity index is 1970. The van der Waals surface area contributed by atoms with Crippen LogP contribution in [0.1, 0.15) is 335 Å². The monoisotopic (exact) mass is 1300 g/mol. The van der Waals surface area contributed by atoms with Crippen LogP contribution >= 0.6 is 7.82 Å². The predicted octanol–water partition coefficient (Wildman–Crippen LogP) is 25.4. The van der Waals surface area contributed by atoms with Crippen molar-refractivity contribution in [3.63, 3.8) is 0 Å². The first kappa shape index (κ1) is 88.4. The number of carbonyl (C=O) groups is 2. The van der Waals surface area contributed by atoms with E-state index in [-0.39, 0.29) is 32.0 Å². The van der Waals surface area contributed by atoms with Crippen molar-refractivity contribution in [3.8, 4) is 0 Å². The Morgan fingerprint density at radius 2 is 0.587 bits per heavy atom. The van der Waals surface area contributed by atoms with Gasteiger partial charge in [0.2, 0.25) is 0 Å². The summed E-state index contributed by atoms with van der Waals surface area (Å²) in [6.07, 6.45) is 103. The van der Waals surface area contributed by atoms with E-state index in [1.807, 2.05) is 21.1 Å². The Kier molecular flexibility index (Phi) is 68.9. The predicted molar refractivity (Wildman–Crippen MR) is 399 cm³/mol. The molecule has 0 saturated heterocycles. The summed E-state index contributed by atoms with van der Waals surface area (Å²) in [5, 5.41) is 0. The van der Waals surface area contributed by atoms with E-state index in [2.05, 4.69) is 135 Å². The Labute approximate surface area is 568 Å². The molecule has 0 aromatic carbocycles. The first-order valence-corrected chi connectivity index (χ1v) is 39.8. The Morgan fingerprint density at radius 3 is 0.870 bits per heavy atom. The van der Waals surface area contributed by atoms with Crippen molar-refractivity contribution in [3.05, 3.63) is 122 Å². The van der Waals surface area contributed by atoms with Crippen LogP contribution in [0.25, 0.3) is 0 Å². The summed E-state index contributed by atoms with van der Waals surface area (Å²) in [7, 11) is 1.48. The smallest absolute Gasteiger partial charge is 0.462 e. The van der Waals surface area contributed by atoms with Gasteiger partial charge in [0.15, 0.2) is 6.10 Å². The van der Waals surface area contributed by atoms with Crippen molar-refractivity contribution in [1.82, 2.24) is 0 Å². The zero-order chi connectivity index (χ0) is 66.9. The van der Waals surface area contributed by atoms with Gasteiger partial charge in [0.1, 0.15) is 19.8 Å². The number of esters is 2. The van der Waals surface area contributed by atoms with Crippen LogP contribution in [0.2, 0.25) is 0 Å². The van der Waals surface area contributed by atoms with Gasteiger partial charge in [-0.3, -0.25) is 18.6 Å². The molecule has 0 amide bonds. The largest absolute Gasteiger partial charge is 0.472 e. The first-order valence-electron chi connectivity index (χ1n) is 38.3. The molecule has 0 saturated carbocycles. The molecule has 530 valence electrons. The number of likely N-dealkylation sites (N-methyl/N-ethyl adjacent to an activating group) is 1. The SMILES string of the molecule is CC/C=C\C/C=C\C/C=C\C/C=C\C/C=C\C/C=C\CCCCCCCCCCCCCCC(=O)OC(COC(=O)CCCCCCCCCCCCCCCCCCCCCCCCCC/C=C\C/C=C\C/C=C\C/C=C\CC)COP(=O)(O)OCC[N+](C)(C)C. The summed E-state index contributed by atoms with van der Waals surface area (Å²) >= 11 is 0. The van der Waals surface area contributed by atoms with Crippen LogP contribution in [0.15, 0.2) is 122 Å². The van der Waals surface area contributed by atoms with Gasteiger partial charge >= 0.3 is 19.8 Å². The molecule has 0 spiro atoms. The lowest BCUT2D eigenvalue weighted by Crippen LogP contribution is -2.37. The van der Waals surface area contributed by atoms with Gasteiger partial charge in [-0.05, 0) is 103 Å². The lowest BCUT2D eigenvalue weighted by Gasteiger charge is -2.24. The molecule has 0 aliphatic carbocycles. The third kappa shape index (κ3) is 75.4. The molecule has 92 heavy (non-hydrogen) atoms. The van der Waals surface area contributed by atoms with Gasteiger partial charge in [-0.25, -0.2) is 4.57 Å². The van der Waals surface area contributed by atoms with E-state index >= 15 is 0 Å². The quantitative estimate of drug-likeness (QED) is 0.0211. The minimum absolute atomic E-state index is 0.0287. The van der Waals surface area contributed by atoms with Crippen molar-refractivity contribution >= 4 is 19.8 Å². The lowest BCUT2D eigenvalue weighted by molar-refractivity contribution is -0.870. The minimum atomic E-state index is -4.40. The van der Waals surface area contributed by atoms with Gasteiger partial charge in [-0.2, -0.15) is 0 Å². The average Bonchev–Trinajstić information content (AvgIpc) is 2.14. The summed E-state index contributed by atoms with van der Waals surface area (Å²) in [5.41, 5.74) is 0. The van der Waals surface area contributed by atoms with Gasteiger partial charge in [-0.15, -0.1) is 0 Å². The number of phosphoric ester groups is 1. The molecule has 0 aliphatic rings. The van der Waals surface area contributed by atoms with Crippen LogP contribution in [-0.4, -0.2) is 74.9 Å². The van der Waals surface area contributed by atoms with E-state index in [0.717, 1.165) is 103 Å². The number of rotatable bonds is 70. The van der Waals surface area contributed by atoms with E-state index in [1.165, 1.54) is 199 Å². The summed E-state index contributed by atoms with van der Waals surface area (Å²) in [5.74, 6) is -0.790. The number of phosphoric acid groups is 1. The molecule has 0 aromatic rings. The van der Waals surface area contributed by atoms with Crippen molar-refractivity contribution in [2.24, 2.45) is 0 Å². The molecule has 10 heteroatoms. The molecule has 0 radical (unpaired) electrons. The molecule has 2 atom stereocenters. The molecule has 0 fully saturated rings. The van der Waals surface area contributed by atoms with E-state index in [1.54, 1.807) is 0 Å². The van der Waals surface area contributed by atoms with Gasteiger partial charge in [0.05, 0.1) is 27.7 Å². The van der Waals surface area contributed by atoms with E-state index < -0.39 is 26.5 Å². The normalized spacial score (nSPS) is 13.8. The van der Waals surface area contributed by atoms with Crippen LogP contribution in [-0.2, 0) is 32.7 Å². The zero-order valence-electron chi connectivity index (χ0n) is 60.5. The van der Waals surface area contributed by atoms with Gasteiger partial charge in [0.25, 0.3) is 0 Å². The summed E-state index contributed by atoms with van der Waals surface area (Å²) in [6.45, 7) is 4.24. The van der Waals surface area contributed by atoms with E-state index in [9.17, 15) is 19.0 Å². The molecule has 0 heterocycles. The highest BCUT2D eigenvalue weighted by atomic mass is 31.2. The molecule has 0 aliphatic heterocycles. The second kappa shape index (κ2) is 71.7. The van der Waals surface area contributed by atoms with Gasteiger partial charge in [0, 0.05) is 12.8 Å². The molecule has 0 aromatic heterocycles. The second-order valence-electron chi connectivity index (χ2n) is 26.6. The van der Waals surface area contributed by atoms with Crippen LogP contribution in [0.4, 0.5) is 0 Å². The number of hydrogen-bond acceptors (Lipinski definition) is 7. The van der Waals surface area contributed by atoms with Crippen molar-refractivity contribution < 1.29 is 42.1 Å². The molecule has 0 bridgehead atoms. The fraction of sp³-hybridized carbons (Fsp3) is 0.732. The van der Waals surface area contributed by atoms with Crippen LogP contribution in [0.5, 0.6) is 0 Å². The number of carbonyl (C=O) groups excluding carboxylic acids is 2. The average molecular weight is 1300 g/mol. The maximum atomic E-state index is 12.9.